The number of hydrogen-bond donors (Lipinski definition) is 0. The second-order valence-corrected chi connectivity index (χ2v) is 13.5. The van der Waals surface area contributed by atoms with Crippen LogP contribution in [0.15, 0.2) is 11.1 Å². The molecule has 0 unspecified atom stereocenters. The van der Waals surface area contributed by atoms with Crippen LogP contribution in [0.1, 0.15) is 60.3 Å². The number of carbonyl (C=O) groups is 1. The fourth-order valence-electron chi connectivity index (χ4n) is 3.38. The van der Waals surface area contributed by atoms with Gasteiger partial charge in [-0.05, 0) is 65.9 Å². The van der Waals surface area contributed by atoms with Gasteiger partial charge < -0.3 is 9.64 Å². The van der Waals surface area contributed by atoms with Crippen molar-refractivity contribution in [2.45, 2.75) is 97.8 Å². The van der Waals surface area contributed by atoms with Gasteiger partial charge in [-0.15, -0.1) is 0 Å². The van der Waals surface area contributed by atoms with Crippen LogP contribution in [0.5, 0.6) is 0 Å². The lowest BCUT2D eigenvalue weighted by Gasteiger charge is -2.37. The molecule has 0 aliphatic heterocycles. The Bertz CT molecular complexity index is 413. The minimum absolute atomic E-state index is 0.0142. The van der Waals surface area contributed by atoms with Crippen LogP contribution in [0.25, 0.3) is 0 Å². The Morgan fingerprint density at radius 2 is 1.55 bits per heavy atom. The zero-order chi connectivity index (χ0) is 17.1. The highest BCUT2D eigenvalue weighted by atomic mass is 28.3. The Morgan fingerprint density at radius 3 is 1.95 bits per heavy atom. The van der Waals surface area contributed by atoms with E-state index >= 15 is 0 Å². The molecule has 1 aliphatic carbocycles. The summed E-state index contributed by atoms with van der Waals surface area (Å²) in [4.78, 5) is 14.6. The van der Waals surface area contributed by atoms with Crippen molar-refractivity contribution >= 4 is 14.2 Å². The van der Waals surface area contributed by atoms with Gasteiger partial charge in [0, 0.05) is 12.1 Å². The maximum atomic E-state index is 12.7. The van der Waals surface area contributed by atoms with E-state index in [1.54, 1.807) is 0 Å². The molecular formula is C18H35NO2Si. The molecule has 1 rings (SSSR count). The van der Waals surface area contributed by atoms with Crippen LogP contribution in [0.3, 0.4) is 0 Å². The van der Waals surface area contributed by atoms with Crippen LogP contribution < -0.4 is 0 Å². The zero-order valence-electron chi connectivity index (χ0n) is 15.8. The summed E-state index contributed by atoms with van der Waals surface area (Å²) in [6.45, 7) is 17.3. The summed E-state index contributed by atoms with van der Waals surface area (Å²) in [5.41, 5.74) is 2.87. The Kier molecular flexibility index (Phi) is 6.72. The van der Waals surface area contributed by atoms with Gasteiger partial charge in [-0.2, -0.15) is 0 Å². The second kappa shape index (κ2) is 7.67. The summed E-state index contributed by atoms with van der Waals surface area (Å²) in [7, 11) is -1.62. The number of hydrogen-bond acceptors (Lipinski definition) is 2. The van der Waals surface area contributed by atoms with Crippen molar-refractivity contribution in [3.8, 4) is 0 Å². The first-order valence-electron chi connectivity index (χ1n) is 8.73. The predicted molar refractivity (Wildman–Crippen MR) is 96.9 cm³/mol. The molecule has 3 nitrogen and oxygen atoms in total. The SMILES string of the molecule is CC1=C([C@H](OC(=O)N(C(C)C)C(C)C)[Si](C)(C)C)CCCC1. The average molecular weight is 326 g/mol. The van der Waals surface area contributed by atoms with Crippen LogP contribution in [0.4, 0.5) is 4.79 Å². The van der Waals surface area contributed by atoms with E-state index in [0.717, 1.165) is 12.8 Å². The molecule has 1 atom stereocenters. The molecule has 0 radical (unpaired) electrons. The van der Waals surface area contributed by atoms with Gasteiger partial charge in [-0.25, -0.2) is 4.79 Å². The van der Waals surface area contributed by atoms with Crippen LogP contribution in [0.2, 0.25) is 19.6 Å². The molecule has 0 aromatic heterocycles. The lowest BCUT2D eigenvalue weighted by Crippen LogP contribution is -2.49. The molecule has 0 aromatic rings. The van der Waals surface area contributed by atoms with E-state index in [2.05, 4.69) is 54.3 Å². The Balaban J connectivity index is 3.03. The number of carbonyl (C=O) groups excluding carboxylic acids is 1. The maximum absolute atomic E-state index is 12.7. The summed E-state index contributed by atoms with van der Waals surface area (Å²) in [6, 6.07) is 0.326. The van der Waals surface area contributed by atoms with Crippen molar-refractivity contribution in [1.29, 1.82) is 0 Å². The van der Waals surface area contributed by atoms with E-state index in [1.807, 2.05) is 4.90 Å². The fourth-order valence-corrected chi connectivity index (χ4v) is 5.28. The van der Waals surface area contributed by atoms with Crippen LogP contribution in [0, 0.1) is 0 Å². The maximum Gasteiger partial charge on any atom is 0.410 e. The molecular weight excluding hydrogens is 290 g/mol. The van der Waals surface area contributed by atoms with E-state index in [-0.39, 0.29) is 23.9 Å². The van der Waals surface area contributed by atoms with Gasteiger partial charge in [0.2, 0.25) is 0 Å². The van der Waals surface area contributed by atoms with Crippen molar-refractivity contribution in [2.75, 3.05) is 0 Å². The Hall–Kier alpha value is -0.773. The molecule has 0 spiro atoms. The molecule has 0 fully saturated rings. The first-order valence-corrected chi connectivity index (χ1v) is 12.3. The molecule has 1 aliphatic rings. The van der Waals surface area contributed by atoms with Crippen LogP contribution >= 0.6 is 0 Å². The number of ether oxygens (including phenoxy) is 1. The number of rotatable bonds is 5. The Morgan fingerprint density at radius 1 is 1.05 bits per heavy atom. The highest BCUT2D eigenvalue weighted by Gasteiger charge is 2.36. The van der Waals surface area contributed by atoms with Gasteiger partial charge in [0.05, 0.1) is 8.07 Å². The van der Waals surface area contributed by atoms with E-state index < -0.39 is 8.07 Å². The first kappa shape index (κ1) is 19.3. The highest BCUT2D eigenvalue weighted by molar-refractivity contribution is 6.78. The molecule has 0 saturated carbocycles. The van der Waals surface area contributed by atoms with Crippen molar-refractivity contribution in [2.24, 2.45) is 0 Å². The molecule has 128 valence electrons. The van der Waals surface area contributed by atoms with Crippen molar-refractivity contribution in [3.63, 3.8) is 0 Å². The molecule has 1 amide bonds. The van der Waals surface area contributed by atoms with E-state index in [1.165, 1.54) is 24.0 Å². The molecule has 0 heterocycles. The predicted octanol–water partition coefficient (Wildman–Crippen LogP) is 5.38. The monoisotopic (exact) mass is 325 g/mol. The largest absolute Gasteiger partial charge is 0.446 e. The van der Waals surface area contributed by atoms with Gasteiger partial charge in [0.25, 0.3) is 0 Å². The summed E-state index contributed by atoms with van der Waals surface area (Å²) >= 11 is 0. The topological polar surface area (TPSA) is 29.5 Å². The minimum atomic E-state index is -1.62. The minimum Gasteiger partial charge on any atom is -0.446 e. The van der Waals surface area contributed by atoms with Gasteiger partial charge >= 0.3 is 6.09 Å². The highest BCUT2D eigenvalue weighted by Crippen LogP contribution is 2.32. The van der Waals surface area contributed by atoms with Gasteiger partial charge in [-0.3, -0.25) is 0 Å². The van der Waals surface area contributed by atoms with E-state index in [4.69, 9.17) is 4.74 Å². The lowest BCUT2D eigenvalue weighted by molar-refractivity contribution is 0.0729. The summed E-state index contributed by atoms with van der Waals surface area (Å²) < 4.78 is 6.10. The molecule has 0 N–H and O–H groups in total. The van der Waals surface area contributed by atoms with Gasteiger partial charge in [0.15, 0.2) is 0 Å². The van der Waals surface area contributed by atoms with Crippen molar-refractivity contribution < 1.29 is 9.53 Å². The van der Waals surface area contributed by atoms with Gasteiger partial charge in [0.1, 0.15) is 5.73 Å². The van der Waals surface area contributed by atoms with E-state index in [9.17, 15) is 4.79 Å². The molecule has 0 aromatic carbocycles. The third-order valence-electron chi connectivity index (χ3n) is 4.44. The third-order valence-corrected chi connectivity index (χ3v) is 6.48. The van der Waals surface area contributed by atoms with Crippen molar-refractivity contribution in [1.82, 2.24) is 4.90 Å². The fraction of sp³-hybridized carbons (Fsp3) is 0.833. The molecule has 4 heteroatoms. The quantitative estimate of drug-likeness (QED) is 0.502. The smallest absolute Gasteiger partial charge is 0.410 e. The molecule has 0 saturated heterocycles. The third kappa shape index (κ3) is 4.87. The summed E-state index contributed by atoms with van der Waals surface area (Å²) in [5.74, 6) is 0. The second-order valence-electron chi connectivity index (χ2n) is 8.24. The summed E-state index contributed by atoms with van der Waals surface area (Å²) in [5, 5.41) is 0. The number of allylic oxidation sites excluding steroid dienone is 1. The molecule has 0 bridgehead atoms. The summed E-state index contributed by atoms with van der Waals surface area (Å²) in [6.07, 6.45) is 4.60. The molecule has 22 heavy (non-hydrogen) atoms. The normalized spacial score (nSPS) is 17.9. The van der Waals surface area contributed by atoms with Crippen LogP contribution in [-0.2, 0) is 4.74 Å². The van der Waals surface area contributed by atoms with E-state index in [0.29, 0.717) is 0 Å². The average Bonchev–Trinajstić information content (AvgIpc) is 2.34. The van der Waals surface area contributed by atoms with Crippen LogP contribution in [-0.4, -0.2) is 36.9 Å². The standard InChI is InChI=1S/C18H35NO2Si/c1-13(2)19(14(3)4)18(20)21-17(22(6,7)8)16-12-10-9-11-15(16)5/h13-14,17H,9-12H2,1-8H3/t17-/m1/s1. The zero-order valence-corrected chi connectivity index (χ0v) is 16.8. The first-order chi connectivity index (χ1) is 10.1. The Labute approximate surface area is 138 Å². The van der Waals surface area contributed by atoms with Gasteiger partial charge in [-0.1, -0.05) is 25.2 Å². The number of amides is 1. The number of nitrogens with zero attached hydrogens (tertiary/aromatic N) is 1. The van der Waals surface area contributed by atoms with Crippen molar-refractivity contribution in [3.05, 3.63) is 11.1 Å². The lowest BCUT2D eigenvalue weighted by atomic mass is 9.93.